The summed E-state index contributed by atoms with van der Waals surface area (Å²) in [5.74, 6) is -0.0911. The topological polar surface area (TPSA) is 69.6 Å². The molecule has 0 spiro atoms. The average Bonchev–Trinajstić information content (AvgIpc) is 3.01. The van der Waals surface area contributed by atoms with Crippen LogP contribution in [0.25, 0.3) is 0 Å². The Balaban J connectivity index is 3.73. The summed E-state index contributed by atoms with van der Waals surface area (Å²) in [5, 5.41) is 22.8. The lowest BCUT2D eigenvalue weighted by molar-refractivity contribution is -0.123. The van der Waals surface area contributed by atoms with E-state index in [9.17, 15) is 15.0 Å². The molecule has 3 N–H and O–H groups in total. The molecule has 0 bridgehead atoms. The number of hydrogen-bond donors (Lipinski definition) is 3. The third-order valence-corrected chi connectivity index (χ3v) is 8.01. The smallest absolute Gasteiger partial charge is 0.220 e. The van der Waals surface area contributed by atoms with Gasteiger partial charge >= 0.3 is 0 Å². The SMILES string of the molecule is CCCCC/C=C\CCCCCCCC(=O)NC(CO)C(O)/C=C/CC/C=C/CC/C=C/CCCCCCCCCCC. The number of rotatable bonds is 32. The summed E-state index contributed by atoms with van der Waals surface area (Å²) < 4.78 is 0. The van der Waals surface area contributed by atoms with Gasteiger partial charge in [-0.25, -0.2) is 0 Å². The van der Waals surface area contributed by atoms with Gasteiger partial charge in [-0.05, 0) is 70.6 Å². The molecule has 0 aromatic rings. The Morgan fingerprint density at radius 1 is 0.535 bits per heavy atom. The van der Waals surface area contributed by atoms with Crippen molar-refractivity contribution >= 4 is 5.91 Å². The van der Waals surface area contributed by atoms with E-state index in [0.29, 0.717) is 6.42 Å². The molecule has 0 aliphatic carbocycles. The van der Waals surface area contributed by atoms with E-state index < -0.39 is 12.1 Å². The van der Waals surface area contributed by atoms with Gasteiger partial charge in [-0.15, -0.1) is 0 Å². The fraction of sp³-hybridized carbons (Fsp3) is 0.769. The Kier molecular flexibility index (Phi) is 33.5. The van der Waals surface area contributed by atoms with E-state index in [1.165, 1.54) is 103 Å². The summed E-state index contributed by atoms with van der Waals surface area (Å²) in [4.78, 5) is 12.3. The molecule has 0 radical (unpaired) electrons. The van der Waals surface area contributed by atoms with Crippen LogP contribution in [0.4, 0.5) is 0 Å². The maximum atomic E-state index is 12.3. The lowest BCUT2D eigenvalue weighted by atomic mass is 10.1. The maximum absolute atomic E-state index is 12.3. The van der Waals surface area contributed by atoms with Gasteiger partial charge in [-0.3, -0.25) is 4.79 Å². The minimum Gasteiger partial charge on any atom is -0.394 e. The Labute approximate surface area is 267 Å². The van der Waals surface area contributed by atoms with Gasteiger partial charge in [0.05, 0.1) is 18.8 Å². The minimum absolute atomic E-state index is 0.0911. The van der Waals surface area contributed by atoms with Crippen molar-refractivity contribution < 1.29 is 15.0 Å². The number of carbonyl (C=O) groups is 1. The minimum atomic E-state index is -0.871. The molecule has 0 fully saturated rings. The molecule has 0 rings (SSSR count). The zero-order valence-corrected chi connectivity index (χ0v) is 28.5. The van der Waals surface area contributed by atoms with Crippen LogP contribution in [0, 0.1) is 0 Å². The molecular formula is C39H71NO3. The van der Waals surface area contributed by atoms with Crippen molar-refractivity contribution in [2.45, 2.75) is 187 Å². The quantitative estimate of drug-likeness (QED) is 0.0530. The number of unbranched alkanes of at least 4 members (excludes halogenated alkanes) is 19. The molecule has 250 valence electrons. The van der Waals surface area contributed by atoms with Gasteiger partial charge in [0, 0.05) is 6.42 Å². The van der Waals surface area contributed by atoms with E-state index in [1.54, 1.807) is 6.08 Å². The van der Waals surface area contributed by atoms with Gasteiger partial charge in [-0.1, -0.05) is 146 Å². The molecule has 43 heavy (non-hydrogen) atoms. The standard InChI is InChI=1S/C39H71NO3/c1-3-5-7-9-11-13-15-17-18-19-20-21-22-23-24-26-28-30-32-34-38(42)37(36-41)40-39(43)35-33-31-29-27-25-16-14-12-10-8-6-4-2/h12,14,20-21,24,26,32,34,37-38,41-42H,3-11,13,15-19,22-23,25,27-31,33,35-36H2,1-2H3,(H,40,43)/b14-12-,21-20+,26-24+,34-32+. The van der Waals surface area contributed by atoms with E-state index in [4.69, 9.17) is 0 Å². The van der Waals surface area contributed by atoms with Gasteiger partial charge in [0.15, 0.2) is 0 Å². The number of hydrogen-bond acceptors (Lipinski definition) is 3. The first kappa shape index (κ1) is 41.4. The summed E-state index contributed by atoms with van der Waals surface area (Å²) in [6.45, 7) is 4.24. The summed E-state index contributed by atoms with van der Waals surface area (Å²) >= 11 is 0. The first-order chi connectivity index (χ1) is 21.2. The van der Waals surface area contributed by atoms with E-state index in [2.05, 4.69) is 55.6 Å². The molecule has 0 saturated carbocycles. The molecular weight excluding hydrogens is 530 g/mol. The Morgan fingerprint density at radius 2 is 0.907 bits per heavy atom. The monoisotopic (exact) mass is 602 g/mol. The highest BCUT2D eigenvalue weighted by atomic mass is 16.3. The predicted molar refractivity (Wildman–Crippen MR) is 188 cm³/mol. The van der Waals surface area contributed by atoms with Gasteiger partial charge in [0.1, 0.15) is 0 Å². The van der Waals surface area contributed by atoms with Crippen molar-refractivity contribution in [3.05, 3.63) is 48.6 Å². The molecule has 2 unspecified atom stereocenters. The fourth-order valence-corrected chi connectivity index (χ4v) is 5.14. The van der Waals surface area contributed by atoms with Crippen LogP contribution in [0.2, 0.25) is 0 Å². The lowest BCUT2D eigenvalue weighted by Gasteiger charge is -2.19. The Bertz CT molecular complexity index is 697. The van der Waals surface area contributed by atoms with Crippen molar-refractivity contribution in [3.8, 4) is 0 Å². The normalized spacial score (nSPS) is 13.7. The maximum Gasteiger partial charge on any atom is 0.220 e. The van der Waals surface area contributed by atoms with Crippen LogP contribution < -0.4 is 5.32 Å². The number of aliphatic hydroxyl groups excluding tert-OH is 2. The van der Waals surface area contributed by atoms with Crippen molar-refractivity contribution in [1.29, 1.82) is 0 Å². The number of nitrogens with one attached hydrogen (secondary N) is 1. The number of amides is 1. The number of allylic oxidation sites excluding steroid dienone is 7. The van der Waals surface area contributed by atoms with Crippen LogP contribution >= 0.6 is 0 Å². The third kappa shape index (κ3) is 31.6. The van der Waals surface area contributed by atoms with E-state index >= 15 is 0 Å². The van der Waals surface area contributed by atoms with Crippen LogP contribution in [0.1, 0.15) is 174 Å². The van der Waals surface area contributed by atoms with E-state index in [0.717, 1.165) is 51.4 Å². The second kappa shape index (κ2) is 34.8. The van der Waals surface area contributed by atoms with E-state index in [1.807, 2.05) is 6.08 Å². The number of carbonyl (C=O) groups excluding carboxylic acids is 1. The van der Waals surface area contributed by atoms with Crippen LogP contribution in [0.15, 0.2) is 48.6 Å². The molecule has 0 saturated heterocycles. The first-order valence-corrected chi connectivity index (χ1v) is 18.4. The molecule has 0 aromatic heterocycles. The lowest BCUT2D eigenvalue weighted by Crippen LogP contribution is -2.45. The average molecular weight is 602 g/mol. The van der Waals surface area contributed by atoms with Crippen molar-refractivity contribution in [2.24, 2.45) is 0 Å². The highest BCUT2D eigenvalue weighted by molar-refractivity contribution is 5.76. The van der Waals surface area contributed by atoms with Crippen LogP contribution in [0.3, 0.4) is 0 Å². The first-order valence-electron chi connectivity index (χ1n) is 18.4. The predicted octanol–water partition coefficient (Wildman–Crippen LogP) is 10.8. The summed E-state index contributed by atoms with van der Waals surface area (Å²) in [6, 6.07) is -0.647. The second-order valence-corrected chi connectivity index (χ2v) is 12.3. The summed E-state index contributed by atoms with van der Waals surface area (Å²) in [5.41, 5.74) is 0. The van der Waals surface area contributed by atoms with Crippen LogP contribution in [-0.2, 0) is 4.79 Å². The molecule has 0 heterocycles. The molecule has 4 nitrogen and oxygen atoms in total. The summed E-state index contributed by atoms with van der Waals surface area (Å²) in [7, 11) is 0. The fourth-order valence-electron chi connectivity index (χ4n) is 5.14. The van der Waals surface area contributed by atoms with Crippen LogP contribution in [0.5, 0.6) is 0 Å². The van der Waals surface area contributed by atoms with Gasteiger partial charge in [0.2, 0.25) is 5.91 Å². The zero-order valence-electron chi connectivity index (χ0n) is 28.5. The molecule has 4 heteroatoms. The van der Waals surface area contributed by atoms with Gasteiger partial charge < -0.3 is 15.5 Å². The van der Waals surface area contributed by atoms with Crippen molar-refractivity contribution in [3.63, 3.8) is 0 Å². The van der Waals surface area contributed by atoms with Crippen LogP contribution in [-0.4, -0.2) is 34.9 Å². The molecule has 0 aliphatic rings. The summed E-state index contributed by atoms with van der Waals surface area (Å²) in [6.07, 6.45) is 46.2. The molecule has 1 amide bonds. The van der Waals surface area contributed by atoms with Crippen molar-refractivity contribution in [1.82, 2.24) is 5.32 Å². The largest absolute Gasteiger partial charge is 0.394 e. The third-order valence-electron chi connectivity index (χ3n) is 8.01. The van der Waals surface area contributed by atoms with Gasteiger partial charge in [0.25, 0.3) is 0 Å². The highest BCUT2D eigenvalue weighted by Gasteiger charge is 2.17. The molecule has 0 aromatic carbocycles. The number of aliphatic hydroxyl groups is 2. The Hall–Kier alpha value is -1.65. The zero-order chi connectivity index (χ0) is 31.5. The Morgan fingerprint density at radius 3 is 1.40 bits per heavy atom. The van der Waals surface area contributed by atoms with Crippen molar-refractivity contribution in [2.75, 3.05) is 6.61 Å². The highest BCUT2D eigenvalue weighted by Crippen LogP contribution is 2.11. The second-order valence-electron chi connectivity index (χ2n) is 12.3. The molecule has 2 atom stereocenters. The van der Waals surface area contributed by atoms with Gasteiger partial charge in [-0.2, -0.15) is 0 Å². The van der Waals surface area contributed by atoms with E-state index in [-0.39, 0.29) is 12.5 Å². The molecule has 0 aliphatic heterocycles.